The number of nitrogens with one attached hydrogen (secondary N) is 1. The van der Waals surface area contributed by atoms with Crippen LogP contribution >= 0.6 is 23.2 Å². The van der Waals surface area contributed by atoms with Crippen LogP contribution in [0.1, 0.15) is 35.6 Å². The monoisotopic (exact) mass is 488 g/mol. The quantitative estimate of drug-likeness (QED) is 0.283. The maximum Gasteiger partial charge on any atom is 0.214 e. The Kier molecular flexibility index (Phi) is 5.52. The third kappa shape index (κ3) is 3.75. The lowest BCUT2D eigenvalue weighted by molar-refractivity contribution is 0.294. The predicted molar refractivity (Wildman–Crippen MR) is 136 cm³/mol. The van der Waals surface area contributed by atoms with Gasteiger partial charge < -0.3 is 14.3 Å². The molecule has 170 valence electrons. The van der Waals surface area contributed by atoms with Gasteiger partial charge in [-0.15, -0.1) is 0 Å². The van der Waals surface area contributed by atoms with Crippen LogP contribution in [0, 0.1) is 0 Å². The van der Waals surface area contributed by atoms with Gasteiger partial charge in [0.1, 0.15) is 6.61 Å². The summed E-state index contributed by atoms with van der Waals surface area (Å²) in [4.78, 5) is 12.3. The SMILES string of the molecule is Clc1ccc(Cl)c2c1CCCC2n1cncc1-c1c[nH]c2cnc(OCc3ccccc3)cc12. The molecule has 0 spiro atoms. The summed E-state index contributed by atoms with van der Waals surface area (Å²) >= 11 is 13.2. The van der Waals surface area contributed by atoms with Gasteiger partial charge in [0.25, 0.3) is 0 Å². The van der Waals surface area contributed by atoms with Crippen molar-refractivity contribution >= 4 is 34.1 Å². The van der Waals surface area contributed by atoms with E-state index in [0.717, 1.165) is 68.2 Å². The lowest BCUT2D eigenvalue weighted by Gasteiger charge is -2.29. The van der Waals surface area contributed by atoms with Gasteiger partial charge in [-0.3, -0.25) is 0 Å². The Morgan fingerprint density at radius 3 is 2.79 bits per heavy atom. The molecule has 2 aromatic carbocycles. The fraction of sp³-hybridized carbons (Fsp3) is 0.185. The van der Waals surface area contributed by atoms with E-state index < -0.39 is 0 Å². The second-order valence-corrected chi connectivity index (χ2v) is 9.37. The Labute approximate surface area is 207 Å². The minimum absolute atomic E-state index is 0.0769. The zero-order valence-electron chi connectivity index (χ0n) is 18.3. The van der Waals surface area contributed by atoms with Crippen LogP contribution in [0.3, 0.4) is 0 Å². The van der Waals surface area contributed by atoms with Crippen molar-refractivity contribution in [3.05, 3.63) is 100 Å². The van der Waals surface area contributed by atoms with Crippen molar-refractivity contribution in [1.29, 1.82) is 0 Å². The number of H-pyrrole nitrogens is 1. The molecule has 5 nitrogen and oxygen atoms in total. The van der Waals surface area contributed by atoms with Crippen molar-refractivity contribution in [2.24, 2.45) is 0 Å². The number of imidazole rings is 1. The second kappa shape index (κ2) is 8.82. The topological polar surface area (TPSA) is 55.7 Å². The summed E-state index contributed by atoms with van der Waals surface area (Å²) in [7, 11) is 0. The number of nitrogens with zero attached hydrogens (tertiary/aromatic N) is 3. The van der Waals surface area contributed by atoms with E-state index in [0.29, 0.717) is 12.5 Å². The lowest BCUT2D eigenvalue weighted by Crippen LogP contribution is -2.18. The van der Waals surface area contributed by atoms with Gasteiger partial charge in [-0.1, -0.05) is 53.5 Å². The van der Waals surface area contributed by atoms with E-state index in [4.69, 9.17) is 27.9 Å². The van der Waals surface area contributed by atoms with Gasteiger partial charge in [0.15, 0.2) is 0 Å². The molecule has 1 aliphatic carbocycles. The fourth-order valence-electron chi connectivity index (χ4n) is 4.90. The first kappa shape index (κ1) is 21.3. The number of aromatic amines is 1. The molecule has 1 unspecified atom stereocenters. The Hall–Kier alpha value is -3.28. The van der Waals surface area contributed by atoms with E-state index in [1.165, 1.54) is 0 Å². The Bertz CT molecular complexity index is 1480. The first-order valence-corrected chi connectivity index (χ1v) is 12.1. The summed E-state index contributed by atoms with van der Waals surface area (Å²) in [6.07, 6.45) is 10.6. The number of benzene rings is 2. The lowest BCUT2D eigenvalue weighted by atomic mass is 9.87. The average Bonchev–Trinajstić information content (AvgIpc) is 3.52. The number of fused-ring (bicyclic) bond motifs is 2. The van der Waals surface area contributed by atoms with Crippen LogP contribution in [0.2, 0.25) is 10.0 Å². The Balaban J connectivity index is 1.38. The van der Waals surface area contributed by atoms with Gasteiger partial charge in [-0.05, 0) is 48.1 Å². The highest BCUT2D eigenvalue weighted by Crippen LogP contribution is 2.43. The van der Waals surface area contributed by atoms with Crippen molar-refractivity contribution in [2.45, 2.75) is 31.9 Å². The molecule has 0 amide bonds. The molecule has 1 N–H and O–H groups in total. The number of aromatic nitrogens is 4. The number of pyridine rings is 1. The summed E-state index contributed by atoms with van der Waals surface area (Å²) in [5.41, 5.74) is 6.35. The highest BCUT2D eigenvalue weighted by Gasteiger charge is 2.28. The molecule has 0 bridgehead atoms. The van der Waals surface area contributed by atoms with Gasteiger partial charge in [0, 0.05) is 33.3 Å². The summed E-state index contributed by atoms with van der Waals surface area (Å²) in [6.45, 7) is 0.467. The number of hydrogen-bond donors (Lipinski definition) is 1. The van der Waals surface area contributed by atoms with E-state index >= 15 is 0 Å². The molecule has 7 heteroatoms. The Morgan fingerprint density at radius 1 is 1.06 bits per heavy atom. The van der Waals surface area contributed by atoms with Gasteiger partial charge in [0.05, 0.1) is 36.0 Å². The van der Waals surface area contributed by atoms with Crippen molar-refractivity contribution in [3.63, 3.8) is 0 Å². The van der Waals surface area contributed by atoms with Crippen LogP contribution in [0.4, 0.5) is 0 Å². The normalized spacial score (nSPS) is 15.4. The van der Waals surface area contributed by atoms with E-state index in [1.807, 2.05) is 73.4 Å². The standard InChI is InChI=1S/C27H22Cl2N4O/c28-21-9-10-22(29)27-18(21)7-4-8-24(27)33-16-30-14-25(33)20-12-31-23-13-32-26(11-19(20)23)34-15-17-5-2-1-3-6-17/h1-3,5-6,9-14,16,24,31H,4,7-8,15H2. The van der Waals surface area contributed by atoms with E-state index in [-0.39, 0.29) is 6.04 Å². The maximum absolute atomic E-state index is 6.68. The van der Waals surface area contributed by atoms with Gasteiger partial charge >= 0.3 is 0 Å². The van der Waals surface area contributed by atoms with Gasteiger partial charge in [-0.2, -0.15) is 0 Å². The molecule has 0 radical (unpaired) electrons. The zero-order chi connectivity index (χ0) is 23.1. The van der Waals surface area contributed by atoms with Crippen LogP contribution in [0.25, 0.3) is 22.2 Å². The molecule has 0 aliphatic heterocycles. The molecule has 0 fully saturated rings. The molecule has 6 rings (SSSR count). The summed E-state index contributed by atoms with van der Waals surface area (Å²) in [5, 5.41) is 2.57. The molecule has 1 atom stereocenters. The molecular formula is C27H22Cl2N4O. The van der Waals surface area contributed by atoms with E-state index in [9.17, 15) is 0 Å². The van der Waals surface area contributed by atoms with Crippen molar-refractivity contribution in [3.8, 4) is 17.1 Å². The van der Waals surface area contributed by atoms with Crippen LogP contribution in [0.15, 0.2) is 73.4 Å². The first-order valence-electron chi connectivity index (χ1n) is 11.3. The van der Waals surface area contributed by atoms with Gasteiger partial charge in [-0.25, -0.2) is 9.97 Å². The van der Waals surface area contributed by atoms with Crippen LogP contribution in [-0.4, -0.2) is 19.5 Å². The molecule has 3 aromatic heterocycles. The van der Waals surface area contributed by atoms with Crippen LogP contribution in [-0.2, 0) is 13.0 Å². The number of rotatable bonds is 5. The minimum atomic E-state index is 0.0769. The third-order valence-electron chi connectivity index (χ3n) is 6.53. The molecule has 0 saturated heterocycles. The van der Waals surface area contributed by atoms with Crippen LogP contribution in [0.5, 0.6) is 5.88 Å². The first-order chi connectivity index (χ1) is 16.7. The molecule has 34 heavy (non-hydrogen) atoms. The average molecular weight is 489 g/mol. The van der Waals surface area contributed by atoms with Crippen molar-refractivity contribution in [1.82, 2.24) is 19.5 Å². The second-order valence-electron chi connectivity index (χ2n) is 8.56. The summed E-state index contributed by atoms with van der Waals surface area (Å²) < 4.78 is 8.20. The maximum atomic E-state index is 6.68. The highest BCUT2D eigenvalue weighted by atomic mass is 35.5. The van der Waals surface area contributed by atoms with E-state index in [1.54, 1.807) is 0 Å². The zero-order valence-corrected chi connectivity index (χ0v) is 19.9. The smallest absolute Gasteiger partial charge is 0.214 e. The number of hydrogen-bond acceptors (Lipinski definition) is 3. The molecular weight excluding hydrogens is 467 g/mol. The minimum Gasteiger partial charge on any atom is -0.473 e. The third-order valence-corrected chi connectivity index (χ3v) is 7.22. The van der Waals surface area contributed by atoms with Crippen LogP contribution < -0.4 is 4.74 Å². The predicted octanol–water partition coefficient (Wildman–Crippen LogP) is 7.24. The highest BCUT2D eigenvalue weighted by molar-refractivity contribution is 6.34. The fourth-order valence-corrected chi connectivity index (χ4v) is 5.47. The van der Waals surface area contributed by atoms with Gasteiger partial charge in [0.2, 0.25) is 5.88 Å². The molecule has 3 heterocycles. The van der Waals surface area contributed by atoms with Crippen molar-refractivity contribution < 1.29 is 4.74 Å². The van der Waals surface area contributed by atoms with Crippen molar-refractivity contribution in [2.75, 3.05) is 0 Å². The summed E-state index contributed by atoms with van der Waals surface area (Å²) in [5.74, 6) is 0.584. The summed E-state index contributed by atoms with van der Waals surface area (Å²) in [6, 6.07) is 15.9. The molecule has 1 aliphatic rings. The number of ether oxygens (including phenoxy) is 1. The molecule has 0 saturated carbocycles. The van der Waals surface area contributed by atoms with E-state index in [2.05, 4.69) is 19.5 Å². The number of halogens is 2. The Morgan fingerprint density at radius 2 is 1.91 bits per heavy atom. The largest absolute Gasteiger partial charge is 0.473 e. The molecule has 5 aromatic rings.